The number of thiazole rings is 1. The van der Waals surface area contributed by atoms with Crippen molar-refractivity contribution in [1.29, 1.82) is 0 Å². The predicted octanol–water partition coefficient (Wildman–Crippen LogP) is 2.49. The summed E-state index contributed by atoms with van der Waals surface area (Å²) in [5.74, 6) is 0.175. The monoisotopic (exact) mass is 434 g/mol. The molecular weight excluding hydrogens is 412 g/mol. The van der Waals surface area contributed by atoms with Gasteiger partial charge in [0, 0.05) is 68.0 Å². The van der Waals surface area contributed by atoms with E-state index >= 15 is 0 Å². The highest BCUT2D eigenvalue weighted by atomic mass is 32.1. The van der Waals surface area contributed by atoms with Crippen LogP contribution >= 0.6 is 11.3 Å². The third-order valence-corrected chi connectivity index (χ3v) is 6.22. The Labute approximate surface area is 183 Å². The van der Waals surface area contributed by atoms with Crippen molar-refractivity contribution in [2.24, 2.45) is 7.05 Å². The molecule has 9 nitrogen and oxygen atoms in total. The number of rotatable bonds is 4. The SMILES string of the molecule is CN1CCN(c2nc(C(=O)Nc3cc4nc(-c5cnn(C)c5)ccc4cn3)cs2)CC1. The highest BCUT2D eigenvalue weighted by molar-refractivity contribution is 7.14. The topological polar surface area (TPSA) is 92.1 Å². The molecule has 31 heavy (non-hydrogen) atoms. The van der Waals surface area contributed by atoms with Gasteiger partial charge < -0.3 is 15.1 Å². The molecule has 1 fully saturated rings. The Morgan fingerprint density at radius 2 is 1.94 bits per heavy atom. The summed E-state index contributed by atoms with van der Waals surface area (Å²) in [5.41, 5.74) is 2.91. The first-order valence-corrected chi connectivity index (χ1v) is 10.9. The first-order valence-electron chi connectivity index (χ1n) is 10.0. The molecule has 10 heteroatoms. The van der Waals surface area contributed by atoms with Crippen molar-refractivity contribution in [2.45, 2.75) is 0 Å². The molecule has 0 atom stereocenters. The number of carbonyl (C=O) groups is 1. The van der Waals surface area contributed by atoms with Gasteiger partial charge in [0.25, 0.3) is 5.91 Å². The van der Waals surface area contributed by atoms with Crippen LogP contribution in [0.3, 0.4) is 0 Å². The smallest absolute Gasteiger partial charge is 0.276 e. The second-order valence-electron chi connectivity index (χ2n) is 7.62. The van der Waals surface area contributed by atoms with E-state index in [1.807, 2.05) is 25.4 Å². The number of fused-ring (bicyclic) bond motifs is 1. The number of aromatic nitrogens is 5. The lowest BCUT2D eigenvalue weighted by Gasteiger charge is -2.32. The van der Waals surface area contributed by atoms with Gasteiger partial charge in [-0.15, -0.1) is 11.3 Å². The molecule has 5 heterocycles. The number of hydrogen-bond donors (Lipinski definition) is 1. The van der Waals surface area contributed by atoms with Crippen molar-refractivity contribution in [3.05, 3.63) is 47.9 Å². The number of amides is 1. The lowest BCUT2D eigenvalue weighted by molar-refractivity contribution is 0.102. The number of hydrogen-bond acceptors (Lipinski definition) is 8. The fourth-order valence-corrected chi connectivity index (χ4v) is 4.35. The second kappa shape index (κ2) is 8.05. The average molecular weight is 435 g/mol. The Bertz CT molecular complexity index is 1240. The van der Waals surface area contributed by atoms with Gasteiger partial charge in [0.1, 0.15) is 11.5 Å². The van der Waals surface area contributed by atoms with Crippen LogP contribution in [0.4, 0.5) is 10.9 Å². The van der Waals surface area contributed by atoms with Gasteiger partial charge in [-0.3, -0.25) is 9.48 Å². The average Bonchev–Trinajstić information content (AvgIpc) is 3.43. The predicted molar refractivity (Wildman–Crippen MR) is 122 cm³/mol. The summed E-state index contributed by atoms with van der Waals surface area (Å²) in [7, 11) is 3.99. The van der Waals surface area contributed by atoms with Crippen LogP contribution in [-0.4, -0.2) is 68.8 Å². The summed E-state index contributed by atoms with van der Waals surface area (Å²) >= 11 is 1.50. The van der Waals surface area contributed by atoms with Gasteiger partial charge in [0.15, 0.2) is 5.13 Å². The normalized spacial score (nSPS) is 14.8. The van der Waals surface area contributed by atoms with Gasteiger partial charge in [-0.25, -0.2) is 15.0 Å². The fraction of sp³-hybridized carbons (Fsp3) is 0.286. The van der Waals surface area contributed by atoms with Crippen LogP contribution in [0.15, 0.2) is 42.2 Å². The second-order valence-corrected chi connectivity index (χ2v) is 8.46. The molecule has 1 aliphatic heterocycles. The van der Waals surface area contributed by atoms with E-state index in [2.05, 4.69) is 37.2 Å². The molecule has 0 radical (unpaired) electrons. The summed E-state index contributed by atoms with van der Waals surface area (Å²) in [6.45, 7) is 3.83. The van der Waals surface area contributed by atoms with Crippen molar-refractivity contribution < 1.29 is 4.79 Å². The highest BCUT2D eigenvalue weighted by Crippen LogP contribution is 2.24. The van der Waals surface area contributed by atoms with E-state index in [-0.39, 0.29) is 5.91 Å². The van der Waals surface area contributed by atoms with Gasteiger partial charge in [-0.1, -0.05) is 0 Å². The van der Waals surface area contributed by atoms with Gasteiger partial charge in [-0.2, -0.15) is 5.10 Å². The van der Waals surface area contributed by atoms with Crippen LogP contribution in [-0.2, 0) is 7.05 Å². The number of anilines is 2. The minimum atomic E-state index is -0.271. The minimum absolute atomic E-state index is 0.271. The maximum Gasteiger partial charge on any atom is 0.276 e. The highest BCUT2D eigenvalue weighted by Gasteiger charge is 2.19. The number of piperazine rings is 1. The Morgan fingerprint density at radius 1 is 1.10 bits per heavy atom. The minimum Gasteiger partial charge on any atom is -0.346 e. The number of carbonyl (C=O) groups excluding carboxylic acids is 1. The van der Waals surface area contributed by atoms with Gasteiger partial charge in [0.2, 0.25) is 0 Å². The fourth-order valence-electron chi connectivity index (χ4n) is 3.49. The Morgan fingerprint density at radius 3 is 2.71 bits per heavy atom. The molecular formula is C21H22N8OS. The number of likely N-dealkylation sites (N-methyl/N-ethyl adjacent to an activating group) is 1. The van der Waals surface area contributed by atoms with Crippen LogP contribution in [0.25, 0.3) is 22.2 Å². The summed E-state index contributed by atoms with van der Waals surface area (Å²) in [4.78, 5) is 30.8. The van der Waals surface area contributed by atoms with Gasteiger partial charge in [0.05, 0.1) is 17.4 Å². The van der Waals surface area contributed by atoms with Crippen LogP contribution in [0.5, 0.6) is 0 Å². The van der Waals surface area contributed by atoms with E-state index in [0.29, 0.717) is 11.5 Å². The van der Waals surface area contributed by atoms with Crippen LogP contribution < -0.4 is 10.2 Å². The van der Waals surface area contributed by atoms with E-state index in [1.54, 1.807) is 28.5 Å². The number of aryl methyl sites for hydroxylation is 1. The standard InChI is InChI=1S/C21H22N8OS/c1-27-5-7-29(8-6-27)21-25-18(13-31-21)20(30)26-19-9-17-14(10-22-19)3-4-16(24-17)15-11-23-28(2)12-15/h3-4,9-13H,5-8H2,1-2H3,(H,22,26,30). The molecule has 4 aromatic heterocycles. The number of nitrogens with one attached hydrogen (secondary N) is 1. The molecule has 4 aromatic rings. The molecule has 1 amide bonds. The third kappa shape index (κ3) is 4.12. The summed E-state index contributed by atoms with van der Waals surface area (Å²) in [6.07, 6.45) is 5.40. The van der Waals surface area contributed by atoms with Crippen LogP contribution in [0.2, 0.25) is 0 Å². The molecule has 0 bridgehead atoms. The molecule has 5 rings (SSSR count). The number of pyridine rings is 2. The third-order valence-electron chi connectivity index (χ3n) is 5.31. The van der Waals surface area contributed by atoms with E-state index in [4.69, 9.17) is 4.98 Å². The maximum absolute atomic E-state index is 12.7. The zero-order chi connectivity index (χ0) is 21.4. The summed E-state index contributed by atoms with van der Waals surface area (Å²) in [5, 5.41) is 10.6. The van der Waals surface area contributed by atoms with Crippen molar-refractivity contribution in [3.8, 4) is 11.3 Å². The van der Waals surface area contributed by atoms with Gasteiger partial charge >= 0.3 is 0 Å². The molecule has 1 aliphatic rings. The Kier molecular flexibility index (Phi) is 5.08. The molecule has 1 saturated heterocycles. The molecule has 0 saturated carbocycles. The largest absolute Gasteiger partial charge is 0.346 e. The van der Waals surface area contributed by atoms with Crippen molar-refractivity contribution in [2.75, 3.05) is 43.4 Å². The molecule has 0 spiro atoms. The molecule has 0 unspecified atom stereocenters. The van der Waals surface area contributed by atoms with Crippen molar-refractivity contribution in [1.82, 2.24) is 29.6 Å². The number of nitrogens with zero attached hydrogens (tertiary/aromatic N) is 7. The van der Waals surface area contributed by atoms with E-state index in [0.717, 1.165) is 53.5 Å². The van der Waals surface area contributed by atoms with E-state index in [1.165, 1.54) is 11.3 Å². The Hall–Kier alpha value is -3.37. The zero-order valence-electron chi connectivity index (χ0n) is 17.3. The molecule has 0 aromatic carbocycles. The van der Waals surface area contributed by atoms with Crippen LogP contribution in [0, 0.1) is 0 Å². The van der Waals surface area contributed by atoms with Crippen molar-refractivity contribution in [3.63, 3.8) is 0 Å². The summed E-state index contributed by atoms with van der Waals surface area (Å²) in [6, 6.07) is 5.68. The maximum atomic E-state index is 12.7. The van der Waals surface area contributed by atoms with E-state index < -0.39 is 0 Å². The van der Waals surface area contributed by atoms with Gasteiger partial charge in [-0.05, 0) is 19.2 Å². The van der Waals surface area contributed by atoms with Crippen LogP contribution in [0.1, 0.15) is 10.5 Å². The van der Waals surface area contributed by atoms with Crippen molar-refractivity contribution >= 4 is 39.1 Å². The quantitative estimate of drug-likeness (QED) is 0.528. The first kappa shape index (κ1) is 19.6. The Balaban J connectivity index is 1.33. The zero-order valence-corrected chi connectivity index (χ0v) is 18.1. The lowest BCUT2D eigenvalue weighted by atomic mass is 10.2. The molecule has 158 valence electrons. The summed E-state index contributed by atoms with van der Waals surface area (Å²) < 4.78 is 1.74. The first-order chi connectivity index (χ1) is 15.0. The molecule has 0 aliphatic carbocycles. The van der Waals surface area contributed by atoms with E-state index in [9.17, 15) is 4.79 Å². The lowest BCUT2D eigenvalue weighted by Crippen LogP contribution is -2.44. The molecule has 1 N–H and O–H groups in total.